The molecule has 2 aromatic carbocycles. The van der Waals surface area contributed by atoms with Crippen molar-refractivity contribution in [3.05, 3.63) is 64.2 Å². The first kappa shape index (κ1) is 19.3. The van der Waals surface area contributed by atoms with E-state index in [1.54, 1.807) is 12.1 Å². The minimum Gasteiger partial charge on any atom is -0.479 e. The molecule has 2 rings (SSSR count). The van der Waals surface area contributed by atoms with Crippen LogP contribution in [-0.2, 0) is 4.79 Å². The molecule has 1 N–H and O–H groups in total. The molecule has 2 atom stereocenters. The topological polar surface area (TPSA) is 38.3 Å². The van der Waals surface area contributed by atoms with Gasteiger partial charge in [0, 0.05) is 0 Å². The summed E-state index contributed by atoms with van der Waals surface area (Å²) in [6.07, 6.45) is 0.818. The van der Waals surface area contributed by atoms with Crippen LogP contribution in [0, 0.1) is 13.8 Å². The van der Waals surface area contributed by atoms with E-state index in [0.717, 1.165) is 12.0 Å². The van der Waals surface area contributed by atoms with Gasteiger partial charge in [0.2, 0.25) is 0 Å². The van der Waals surface area contributed by atoms with Crippen LogP contribution >= 0.6 is 11.6 Å². The summed E-state index contributed by atoms with van der Waals surface area (Å²) in [6.45, 7) is 8.15. The smallest absolute Gasteiger partial charge is 0.261 e. The normalized spacial score (nSPS) is 13.2. The van der Waals surface area contributed by atoms with E-state index < -0.39 is 6.10 Å². The number of carbonyl (C=O) groups is 1. The molecule has 134 valence electrons. The zero-order valence-corrected chi connectivity index (χ0v) is 16.1. The molecule has 0 saturated carbocycles. The van der Waals surface area contributed by atoms with Crippen molar-refractivity contribution in [2.75, 3.05) is 0 Å². The van der Waals surface area contributed by atoms with E-state index in [-0.39, 0.29) is 11.9 Å². The van der Waals surface area contributed by atoms with E-state index in [1.165, 1.54) is 11.1 Å². The highest BCUT2D eigenvalue weighted by atomic mass is 35.5. The Bertz CT molecular complexity index is 730. The second-order valence-corrected chi connectivity index (χ2v) is 6.68. The van der Waals surface area contributed by atoms with Crippen LogP contribution in [0.15, 0.2) is 42.5 Å². The molecule has 25 heavy (non-hydrogen) atoms. The summed E-state index contributed by atoms with van der Waals surface area (Å²) >= 11 is 6.14. The number of ether oxygens (including phenoxy) is 1. The van der Waals surface area contributed by atoms with Crippen molar-refractivity contribution in [3.8, 4) is 5.75 Å². The molecule has 0 saturated heterocycles. The number of nitrogens with one attached hydrogen (secondary N) is 1. The highest BCUT2D eigenvalue weighted by molar-refractivity contribution is 6.32. The minimum absolute atomic E-state index is 0.0306. The van der Waals surface area contributed by atoms with Crippen LogP contribution < -0.4 is 10.1 Å². The Morgan fingerprint density at radius 1 is 1.12 bits per heavy atom. The molecule has 2 aromatic rings. The lowest BCUT2D eigenvalue weighted by Crippen LogP contribution is -2.40. The average molecular weight is 360 g/mol. The van der Waals surface area contributed by atoms with Crippen LogP contribution in [0.5, 0.6) is 5.75 Å². The summed E-state index contributed by atoms with van der Waals surface area (Å²) in [5, 5.41) is 3.64. The molecule has 0 fully saturated rings. The number of hydrogen-bond donors (Lipinski definition) is 1. The van der Waals surface area contributed by atoms with Gasteiger partial charge >= 0.3 is 0 Å². The maximum Gasteiger partial charge on any atom is 0.261 e. The zero-order valence-electron chi connectivity index (χ0n) is 15.3. The SMILES string of the molecule is CC[C@@H](Oc1ccccc1Cl)C(=O)N[C@H](CC)c1ccc(C)cc1C. The van der Waals surface area contributed by atoms with Crippen LogP contribution in [-0.4, -0.2) is 12.0 Å². The highest BCUT2D eigenvalue weighted by Crippen LogP contribution is 2.26. The van der Waals surface area contributed by atoms with Gasteiger partial charge in [0.25, 0.3) is 5.91 Å². The molecule has 4 heteroatoms. The fraction of sp³-hybridized carbons (Fsp3) is 0.381. The highest BCUT2D eigenvalue weighted by Gasteiger charge is 2.23. The van der Waals surface area contributed by atoms with Crippen molar-refractivity contribution in [3.63, 3.8) is 0 Å². The molecule has 0 aliphatic carbocycles. The molecule has 3 nitrogen and oxygen atoms in total. The third-order valence-electron chi connectivity index (χ3n) is 4.29. The fourth-order valence-corrected chi connectivity index (χ4v) is 3.08. The Labute approximate surface area is 155 Å². The Morgan fingerprint density at radius 2 is 1.84 bits per heavy atom. The number of para-hydroxylation sites is 1. The van der Waals surface area contributed by atoms with Gasteiger partial charge < -0.3 is 10.1 Å². The predicted molar refractivity (Wildman–Crippen MR) is 103 cm³/mol. The number of amides is 1. The minimum atomic E-state index is -0.570. The van der Waals surface area contributed by atoms with E-state index in [1.807, 2.05) is 19.1 Å². The second kappa shape index (κ2) is 8.91. The molecule has 0 aliphatic rings. The Morgan fingerprint density at radius 3 is 2.44 bits per heavy atom. The van der Waals surface area contributed by atoms with Gasteiger partial charge in [-0.15, -0.1) is 0 Å². The van der Waals surface area contributed by atoms with Gasteiger partial charge in [-0.1, -0.05) is 61.3 Å². The molecule has 0 aliphatic heterocycles. The number of halogens is 1. The van der Waals surface area contributed by atoms with E-state index in [4.69, 9.17) is 16.3 Å². The molecule has 0 radical (unpaired) electrons. The van der Waals surface area contributed by atoms with Gasteiger partial charge in [0.15, 0.2) is 6.10 Å². The van der Waals surface area contributed by atoms with Crippen molar-refractivity contribution >= 4 is 17.5 Å². The van der Waals surface area contributed by atoms with Crippen molar-refractivity contribution in [1.29, 1.82) is 0 Å². The zero-order chi connectivity index (χ0) is 18.4. The second-order valence-electron chi connectivity index (χ2n) is 6.27. The third-order valence-corrected chi connectivity index (χ3v) is 4.61. The standard InChI is InChI=1S/C21H26ClNO2/c1-5-18(16-12-11-14(3)13-15(16)4)23-21(24)19(6-2)25-20-10-8-7-9-17(20)22/h7-13,18-19H,5-6H2,1-4H3,(H,23,24)/t18-,19-/m1/s1. The molecule has 0 spiro atoms. The lowest BCUT2D eigenvalue weighted by molar-refractivity contribution is -0.128. The summed E-state index contributed by atoms with van der Waals surface area (Å²) in [4.78, 5) is 12.7. The summed E-state index contributed by atoms with van der Waals surface area (Å²) in [5.41, 5.74) is 3.55. The van der Waals surface area contributed by atoms with Gasteiger partial charge in [-0.2, -0.15) is 0 Å². The molecule has 0 aromatic heterocycles. The molecule has 0 unspecified atom stereocenters. The first-order chi connectivity index (χ1) is 12.0. The molecule has 0 bridgehead atoms. The number of carbonyl (C=O) groups excluding carboxylic acids is 1. The van der Waals surface area contributed by atoms with Gasteiger partial charge in [0.05, 0.1) is 11.1 Å². The summed E-state index contributed by atoms with van der Waals surface area (Å²) in [6, 6.07) is 13.5. The van der Waals surface area contributed by atoms with E-state index in [0.29, 0.717) is 17.2 Å². The molecule has 1 amide bonds. The third kappa shape index (κ3) is 4.99. The summed E-state index contributed by atoms with van der Waals surface area (Å²) < 4.78 is 5.84. The number of benzene rings is 2. The largest absolute Gasteiger partial charge is 0.479 e. The summed E-state index contributed by atoms with van der Waals surface area (Å²) in [5.74, 6) is 0.417. The maximum absolute atomic E-state index is 12.7. The number of rotatable bonds is 7. The fourth-order valence-electron chi connectivity index (χ4n) is 2.90. The Kier molecular flexibility index (Phi) is 6.89. The van der Waals surface area contributed by atoms with Crippen molar-refractivity contribution in [2.24, 2.45) is 0 Å². The Hall–Kier alpha value is -2.00. The van der Waals surface area contributed by atoms with Crippen molar-refractivity contribution in [1.82, 2.24) is 5.32 Å². The van der Waals surface area contributed by atoms with Gasteiger partial charge in [-0.05, 0) is 49.9 Å². The lowest BCUT2D eigenvalue weighted by Gasteiger charge is -2.24. The molecular formula is C21H26ClNO2. The van der Waals surface area contributed by atoms with Gasteiger partial charge in [-0.25, -0.2) is 0 Å². The monoisotopic (exact) mass is 359 g/mol. The van der Waals surface area contributed by atoms with Crippen LogP contribution in [0.2, 0.25) is 5.02 Å². The van der Waals surface area contributed by atoms with Gasteiger partial charge in [0.1, 0.15) is 5.75 Å². The van der Waals surface area contributed by atoms with Crippen LogP contribution in [0.4, 0.5) is 0 Å². The lowest BCUT2D eigenvalue weighted by atomic mass is 9.97. The molecule has 0 heterocycles. The number of hydrogen-bond acceptors (Lipinski definition) is 2. The maximum atomic E-state index is 12.7. The van der Waals surface area contributed by atoms with Crippen molar-refractivity contribution < 1.29 is 9.53 Å². The first-order valence-electron chi connectivity index (χ1n) is 8.75. The molecular weight excluding hydrogens is 334 g/mol. The van der Waals surface area contributed by atoms with Crippen LogP contribution in [0.3, 0.4) is 0 Å². The average Bonchev–Trinajstić information content (AvgIpc) is 2.59. The van der Waals surface area contributed by atoms with Crippen molar-refractivity contribution in [2.45, 2.75) is 52.7 Å². The first-order valence-corrected chi connectivity index (χ1v) is 9.12. The van der Waals surface area contributed by atoms with Crippen LogP contribution in [0.25, 0.3) is 0 Å². The Balaban J connectivity index is 2.12. The summed E-state index contributed by atoms with van der Waals surface area (Å²) in [7, 11) is 0. The number of aryl methyl sites for hydroxylation is 2. The van der Waals surface area contributed by atoms with Crippen LogP contribution in [0.1, 0.15) is 49.4 Å². The van der Waals surface area contributed by atoms with E-state index in [9.17, 15) is 4.79 Å². The van der Waals surface area contributed by atoms with Gasteiger partial charge in [-0.3, -0.25) is 4.79 Å². The quantitative estimate of drug-likeness (QED) is 0.720. The van der Waals surface area contributed by atoms with E-state index >= 15 is 0 Å². The van der Waals surface area contributed by atoms with E-state index in [2.05, 4.69) is 44.3 Å². The predicted octanol–water partition coefficient (Wildman–Crippen LogP) is 5.38.